The molecular weight excluding hydrogens is 411 g/mol. The Bertz CT molecular complexity index is 1090. The van der Waals surface area contributed by atoms with Crippen LogP contribution < -0.4 is 5.32 Å². The van der Waals surface area contributed by atoms with Crippen LogP contribution in [0.4, 0.5) is 4.39 Å². The summed E-state index contributed by atoms with van der Waals surface area (Å²) < 4.78 is 13.2. The number of hydrogen-bond donors (Lipinski definition) is 3. The van der Waals surface area contributed by atoms with Crippen LogP contribution in [0.1, 0.15) is 22.5 Å². The summed E-state index contributed by atoms with van der Waals surface area (Å²) in [6.07, 6.45) is 1.60. The minimum absolute atomic E-state index is 0.196. The molecule has 0 saturated carbocycles. The monoisotopic (exact) mass is 430 g/mol. The largest absolute Gasteiger partial charge is 0.391 e. The number of carbonyl (C=O) groups excluding carboxylic acids is 2. The van der Waals surface area contributed by atoms with Gasteiger partial charge in [0.1, 0.15) is 23.2 Å². The summed E-state index contributed by atoms with van der Waals surface area (Å²) in [6.45, 7) is 0.647. The molecule has 2 aromatic heterocycles. The first-order valence-corrected chi connectivity index (χ1v) is 9.93. The van der Waals surface area contributed by atoms with Gasteiger partial charge < -0.3 is 20.3 Å². The summed E-state index contributed by atoms with van der Waals surface area (Å²) in [5.74, 6) is -1.14. The van der Waals surface area contributed by atoms with Crippen LogP contribution >= 0.6 is 11.6 Å². The number of β-amino-alcohol motifs (C(OH)–C–C–N with tert-alkyl or cyclic N) is 1. The molecule has 4 rings (SSSR count). The van der Waals surface area contributed by atoms with Crippen LogP contribution in [0, 0.1) is 5.82 Å². The lowest BCUT2D eigenvalue weighted by atomic mass is 10.0. The van der Waals surface area contributed by atoms with Crippen molar-refractivity contribution >= 4 is 34.4 Å². The average molecular weight is 431 g/mol. The Morgan fingerprint density at radius 2 is 2.10 bits per heavy atom. The number of pyridine rings is 1. The van der Waals surface area contributed by atoms with Crippen molar-refractivity contribution in [1.82, 2.24) is 20.2 Å². The predicted octanol–water partition coefficient (Wildman–Crippen LogP) is 2.29. The standard InChI is InChI=1S/C21H20ClFN4O3/c22-14-8-13-9-17(25-19(13)24-10-14)20(29)26-18(7-12-1-3-15(23)4-2-12)21(30)27-6-5-16(28)11-27/h1-4,8-10,16,18,28H,5-7,11H2,(H,24,25)(H,26,29)/t16-,18+/m1/s1. The Morgan fingerprint density at radius 3 is 2.80 bits per heavy atom. The van der Waals surface area contributed by atoms with E-state index in [1.165, 1.54) is 23.2 Å². The Balaban J connectivity index is 1.56. The van der Waals surface area contributed by atoms with E-state index in [2.05, 4.69) is 15.3 Å². The number of likely N-dealkylation sites (tertiary alicyclic amines) is 1. The maximum absolute atomic E-state index is 13.2. The second-order valence-electron chi connectivity index (χ2n) is 7.36. The number of aromatic nitrogens is 2. The van der Waals surface area contributed by atoms with E-state index < -0.39 is 18.1 Å². The Kier molecular flexibility index (Phi) is 5.69. The van der Waals surface area contributed by atoms with Crippen LogP contribution in [0.2, 0.25) is 5.02 Å². The van der Waals surface area contributed by atoms with Gasteiger partial charge in [0.05, 0.1) is 11.1 Å². The number of H-pyrrole nitrogens is 1. The van der Waals surface area contributed by atoms with Gasteiger partial charge in [-0.3, -0.25) is 9.59 Å². The van der Waals surface area contributed by atoms with Gasteiger partial charge in [0.25, 0.3) is 5.91 Å². The Morgan fingerprint density at radius 1 is 1.33 bits per heavy atom. The minimum atomic E-state index is -0.865. The molecule has 3 aromatic rings. The lowest BCUT2D eigenvalue weighted by Gasteiger charge is -2.24. The van der Waals surface area contributed by atoms with E-state index in [0.717, 1.165) is 0 Å². The predicted molar refractivity (Wildman–Crippen MR) is 110 cm³/mol. The van der Waals surface area contributed by atoms with Gasteiger partial charge in [-0.15, -0.1) is 0 Å². The maximum atomic E-state index is 13.2. The Hall–Kier alpha value is -2.97. The van der Waals surface area contributed by atoms with Crippen molar-refractivity contribution < 1.29 is 19.1 Å². The lowest BCUT2D eigenvalue weighted by molar-refractivity contribution is -0.132. The molecule has 3 heterocycles. The summed E-state index contributed by atoms with van der Waals surface area (Å²) in [6, 6.07) is 8.21. The third-order valence-electron chi connectivity index (χ3n) is 5.11. The van der Waals surface area contributed by atoms with E-state index >= 15 is 0 Å². The first-order valence-electron chi connectivity index (χ1n) is 9.55. The van der Waals surface area contributed by atoms with E-state index in [4.69, 9.17) is 11.6 Å². The zero-order valence-corrected chi connectivity index (χ0v) is 16.7. The zero-order valence-electron chi connectivity index (χ0n) is 15.9. The number of fused-ring (bicyclic) bond motifs is 1. The molecule has 3 N–H and O–H groups in total. The quantitative estimate of drug-likeness (QED) is 0.578. The SMILES string of the molecule is O=C(N[C@@H](Cc1ccc(F)cc1)C(=O)N1CC[C@@H](O)C1)c1cc2cc(Cl)cnc2[nH]1. The molecule has 2 atom stereocenters. The van der Waals surface area contributed by atoms with Gasteiger partial charge in [0, 0.05) is 31.1 Å². The first-order chi connectivity index (χ1) is 14.4. The number of nitrogens with one attached hydrogen (secondary N) is 2. The first kappa shape index (κ1) is 20.3. The van der Waals surface area contributed by atoms with Gasteiger partial charge in [-0.2, -0.15) is 0 Å². The van der Waals surface area contributed by atoms with Gasteiger partial charge in [0.15, 0.2) is 0 Å². The molecule has 0 bridgehead atoms. The number of aromatic amines is 1. The molecule has 1 aromatic carbocycles. The summed E-state index contributed by atoms with van der Waals surface area (Å²) in [5.41, 5.74) is 1.46. The molecule has 0 radical (unpaired) electrons. The molecule has 9 heteroatoms. The number of aliphatic hydroxyl groups is 1. The number of benzene rings is 1. The molecule has 1 saturated heterocycles. The molecule has 1 fully saturated rings. The summed E-state index contributed by atoms with van der Waals surface area (Å²) >= 11 is 5.95. The normalized spacial score (nSPS) is 17.3. The fraction of sp³-hybridized carbons (Fsp3) is 0.286. The van der Waals surface area contributed by atoms with E-state index in [-0.39, 0.29) is 30.4 Å². The fourth-order valence-electron chi connectivity index (χ4n) is 3.57. The van der Waals surface area contributed by atoms with Crippen LogP contribution in [0.5, 0.6) is 0 Å². The van der Waals surface area contributed by atoms with Crippen molar-refractivity contribution in [2.24, 2.45) is 0 Å². The van der Waals surface area contributed by atoms with Crippen LogP contribution in [0.15, 0.2) is 42.6 Å². The zero-order chi connectivity index (χ0) is 21.3. The van der Waals surface area contributed by atoms with Crippen LogP contribution in [0.3, 0.4) is 0 Å². The second kappa shape index (κ2) is 8.41. The fourth-order valence-corrected chi connectivity index (χ4v) is 3.73. The molecule has 0 unspecified atom stereocenters. The smallest absolute Gasteiger partial charge is 0.268 e. The molecule has 0 spiro atoms. The highest BCUT2D eigenvalue weighted by Crippen LogP contribution is 2.18. The molecule has 7 nitrogen and oxygen atoms in total. The van der Waals surface area contributed by atoms with Crippen molar-refractivity contribution in [1.29, 1.82) is 0 Å². The van der Waals surface area contributed by atoms with E-state index in [1.54, 1.807) is 24.3 Å². The third kappa shape index (κ3) is 4.44. The minimum Gasteiger partial charge on any atom is -0.391 e. The number of nitrogens with zero attached hydrogens (tertiary/aromatic N) is 2. The Labute approximate surface area is 176 Å². The van der Waals surface area contributed by atoms with Crippen molar-refractivity contribution in [2.75, 3.05) is 13.1 Å². The van der Waals surface area contributed by atoms with Crippen LogP contribution in [0.25, 0.3) is 11.0 Å². The van der Waals surface area contributed by atoms with E-state index in [1.807, 2.05) is 0 Å². The molecule has 0 aliphatic carbocycles. The number of carbonyl (C=O) groups is 2. The van der Waals surface area contributed by atoms with Crippen molar-refractivity contribution in [2.45, 2.75) is 25.0 Å². The van der Waals surface area contributed by atoms with E-state index in [0.29, 0.717) is 34.6 Å². The number of hydrogen-bond acceptors (Lipinski definition) is 4. The number of amides is 2. The van der Waals surface area contributed by atoms with E-state index in [9.17, 15) is 19.1 Å². The highest BCUT2D eigenvalue weighted by atomic mass is 35.5. The number of rotatable bonds is 5. The highest BCUT2D eigenvalue weighted by molar-refractivity contribution is 6.31. The number of aliphatic hydroxyl groups excluding tert-OH is 1. The summed E-state index contributed by atoms with van der Waals surface area (Å²) in [4.78, 5) is 34.5. The molecular formula is C21H20ClFN4O3. The summed E-state index contributed by atoms with van der Waals surface area (Å²) in [7, 11) is 0. The lowest BCUT2D eigenvalue weighted by Crippen LogP contribution is -2.49. The average Bonchev–Trinajstić information content (AvgIpc) is 3.34. The second-order valence-corrected chi connectivity index (χ2v) is 7.79. The van der Waals surface area contributed by atoms with Crippen molar-refractivity contribution in [3.63, 3.8) is 0 Å². The molecule has 30 heavy (non-hydrogen) atoms. The third-order valence-corrected chi connectivity index (χ3v) is 5.32. The van der Waals surface area contributed by atoms with Gasteiger partial charge in [-0.1, -0.05) is 23.7 Å². The van der Waals surface area contributed by atoms with Crippen molar-refractivity contribution in [3.8, 4) is 0 Å². The van der Waals surface area contributed by atoms with Gasteiger partial charge in [0.2, 0.25) is 5.91 Å². The molecule has 1 aliphatic heterocycles. The topological polar surface area (TPSA) is 98.3 Å². The molecule has 1 aliphatic rings. The van der Waals surface area contributed by atoms with Gasteiger partial charge in [-0.05, 0) is 36.2 Å². The maximum Gasteiger partial charge on any atom is 0.268 e. The highest BCUT2D eigenvalue weighted by Gasteiger charge is 2.31. The van der Waals surface area contributed by atoms with Crippen molar-refractivity contribution in [3.05, 3.63) is 64.7 Å². The molecule has 156 valence electrons. The summed E-state index contributed by atoms with van der Waals surface area (Å²) in [5, 5.41) is 13.7. The number of halogens is 2. The van der Waals surface area contributed by atoms with Gasteiger partial charge in [-0.25, -0.2) is 9.37 Å². The van der Waals surface area contributed by atoms with Crippen LogP contribution in [-0.2, 0) is 11.2 Å². The van der Waals surface area contributed by atoms with Crippen LogP contribution in [-0.4, -0.2) is 57.0 Å². The molecule has 2 amide bonds. The van der Waals surface area contributed by atoms with Gasteiger partial charge >= 0.3 is 0 Å².